The molecular formula is C23H20FNO3S. The molecule has 0 aliphatic carbocycles. The second-order valence-electron chi connectivity index (χ2n) is 6.68. The zero-order valence-corrected chi connectivity index (χ0v) is 16.7. The highest BCUT2D eigenvalue weighted by Crippen LogP contribution is 2.47. The van der Waals surface area contributed by atoms with E-state index < -0.39 is 0 Å². The average molecular weight is 409 g/mol. The van der Waals surface area contributed by atoms with Crippen LogP contribution >= 0.6 is 11.3 Å². The fourth-order valence-corrected chi connectivity index (χ4v) is 4.69. The van der Waals surface area contributed by atoms with Crippen molar-refractivity contribution in [2.45, 2.75) is 12.3 Å². The van der Waals surface area contributed by atoms with Crippen molar-refractivity contribution in [3.05, 3.63) is 76.8 Å². The van der Waals surface area contributed by atoms with Crippen LogP contribution in [0.4, 0.5) is 10.1 Å². The zero-order chi connectivity index (χ0) is 20.4. The first kappa shape index (κ1) is 19.2. The van der Waals surface area contributed by atoms with Gasteiger partial charge in [0.2, 0.25) is 5.91 Å². The van der Waals surface area contributed by atoms with Gasteiger partial charge in [-0.3, -0.25) is 4.79 Å². The van der Waals surface area contributed by atoms with Crippen molar-refractivity contribution in [3.8, 4) is 22.6 Å². The monoisotopic (exact) mass is 409 g/mol. The van der Waals surface area contributed by atoms with Gasteiger partial charge in [0.1, 0.15) is 12.4 Å². The van der Waals surface area contributed by atoms with Gasteiger partial charge in [0.25, 0.3) is 0 Å². The van der Waals surface area contributed by atoms with Gasteiger partial charge in [0.05, 0.1) is 12.8 Å². The van der Waals surface area contributed by atoms with Crippen molar-refractivity contribution in [1.29, 1.82) is 0 Å². The largest absolute Gasteiger partial charge is 0.493 e. The van der Waals surface area contributed by atoms with E-state index in [9.17, 15) is 9.18 Å². The Labute approximate surface area is 172 Å². The van der Waals surface area contributed by atoms with Crippen molar-refractivity contribution < 1.29 is 18.7 Å². The number of nitrogens with one attached hydrogen (secondary N) is 1. The number of thiophene rings is 1. The van der Waals surface area contributed by atoms with E-state index in [0.717, 1.165) is 10.4 Å². The third kappa shape index (κ3) is 3.63. The first-order valence-electron chi connectivity index (χ1n) is 9.20. The molecule has 1 amide bonds. The van der Waals surface area contributed by atoms with Gasteiger partial charge in [-0.1, -0.05) is 36.9 Å². The van der Waals surface area contributed by atoms with Gasteiger partial charge in [0, 0.05) is 33.7 Å². The Morgan fingerprint density at radius 3 is 2.83 bits per heavy atom. The molecule has 29 heavy (non-hydrogen) atoms. The minimum absolute atomic E-state index is 0.0931. The molecule has 1 aliphatic rings. The lowest BCUT2D eigenvalue weighted by molar-refractivity contribution is -0.116. The van der Waals surface area contributed by atoms with E-state index in [2.05, 4.69) is 11.9 Å². The molecule has 1 aromatic heterocycles. The molecule has 1 unspecified atom stereocenters. The summed E-state index contributed by atoms with van der Waals surface area (Å²) >= 11 is 1.53. The Balaban J connectivity index is 1.76. The van der Waals surface area contributed by atoms with Gasteiger partial charge < -0.3 is 14.8 Å². The third-order valence-electron chi connectivity index (χ3n) is 4.90. The van der Waals surface area contributed by atoms with Gasteiger partial charge in [-0.2, -0.15) is 0 Å². The van der Waals surface area contributed by atoms with Crippen molar-refractivity contribution in [2.75, 3.05) is 19.0 Å². The van der Waals surface area contributed by atoms with E-state index in [-0.39, 0.29) is 17.6 Å². The van der Waals surface area contributed by atoms with E-state index in [1.807, 2.05) is 23.6 Å². The highest BCUT2D eigenvalue weighted by Gasteiger charge is 2.31. The maximum Gasteiger partial charge on any atom is 0.225 e. The molecule has 0 saturated carbocycles. The van der Waals surface area contributed by atoms with Crippen LogP contribution < -0.4 is 14.8 Å². The number of halogens is 1. The Morgan fingerprint density at radius 1 is 1.24 bits per heavy atom. The summed E-state index contributed by atoms with van der Waals surface area (Å²) in [6.45, 7) is 4.03. The van der Waals surface area contributed by atoms with Crippen molar-refractivity contribution in [1.82, 2.24) is 0 Å². The zero-order valence-electron chi connectivity index (χ0n) is 15.9. The molecule has 1 atom stereocenters. The van der Waals surface area contributed by atoms with Crippen LogP contribution in [0.15, 0.2) is 60.5 Å². The van der Waals surface area contributed by atoms with Gasteiger partial charge in [-0.05, 0) is 23.8 Å². The average Bonchev–Trinajstić information content (AvgIpc) is 3.15. The number of rotatable bonds is 6. The molecule has 1 aliphatic heterocycles. The number of hydrogen-bond donors (Lipinski definition) is 1. The maximum absolute atomic E-state index is 14.3. The number of fused-ring (bicyclic) bond motifs is 1. The molecule has 0 bridgehead atoms. The molecule has 0 spiro atoms. The summed E-state index contributed by atoms with van der Waals surface area (Å²) in [7, 11) is 1.58. The Hall–Kier alpha value is -3.12. The fourth-order valence-electron chi connectivity index (χ4n) is 3.54. The molecule has 148 valence electrons. The molecular weight excluding hydrogens is 389 g/mol. The summed E-state index contributed by atoms with van der Waals surface area (Å²) in [6, 6.07) is 12.3. The summed E-state index contributed by atoms with van der Waals surface area (Å²) in [5.74, 6) is 0.684. The molecule has 0 radical (unpaired) electrons. The van der Waals surface area contributed by atoms with Gasteiger partial charge in [0.15, 0.2) is 11.5 Å². The second-order valence-corrected chi connectivity index (χ2v) is 7.59. The van der Waals surface area contributed by atoms with Gasteiger partial charge >= 0.3 is 0 Å². The standard InChI is InChI=1S/C23H20FNO3S/c1-3-10-28-19-9-8-14(11-20(19)27-2)16-12-21(26)25-22-17(13-29-23(16)22)15-6-4-5-7-18(15)24/h3-9,11,13,16H,1,10,12H2,2H3,(H,25,26). The number of ether oxygens (including phenoxy) is 2. The summed E-state index contributed by atoms with van der Waals surface area (Å²) < 4.78 is 25.4. The molecule has 2 aromatic carbocycles. The number of carbonyl (C=O) groups excluding carboxylic acids is 1. The Bertz CT molecular complexity index is 1080. The Morgan fingerprint density at radius 2 is 2.07 bits per heavy atom. The second kappa shape index (κ2) is 8.09. The highest BCUT2D eigenvalue weighted by atomic mass is 32.1. The third-order valence-corrected chi connectivity index (χ3v) is 6.00. The number of methoxy groups -OCH3 is 1. The number of benzene rings is 2. The van der Waals surface area contributed by atoms with Crippen molar-refractivity contribution in [2.24, 2.45) is 0 Å². The van der Waals surface area contributed by atoms with E-state index in [4.69, 9.17) is 9.47 Å². The van der Waals surface area contributed by atoms with Crippen LogP contribution in [0.2, 0.25) is 0 Å². The predicted octanol–water partition coefficient (Wildman–Crippen LogP) is 5.60. The summed E-state index contributed by atoms with van der Waals surface area (Å²) in [4.78, 5) is 13.5. The van der Waals surface area contributed by atoms with Crippen LogP contribution in [0.25, 0.3) is 11.1 Å². The summed E-state index contributed by atoms with van der Waals surface area (Å²) in [5, 5.41) is 4.84. The summed E-state index contributed by atoms with van der Waals surface area (Å²) in [6.07, 6.45) is 1.99. The van der Waals surface area contributed by atoms with Crippen LogP contribution in [-0.4, -0.2) is 19.6 Å². The van der Waals surface area contributed by atoms with Crippen LogP contribution in [0, 0.1) is 5.82 Å². The van der Waals surface area contributed by atoms with E-state index in [1.54, 1.807) is 31.4 Å². The lowest BCUT2D eigenvalue weighted by atomic mass is 9.89. The van der Waals surface area contributed by atoms with E-state index in [0.29, 0.717) is 41.3 Å². The normalized spacial score (nSPS) is 15.4. The predicted molar refractivity (Wildman–Crippen MR) is 113 cm³/mol. The first-order chi connectivity index (χ1) is 14.1. The fraction of sp³-hybridized carbons (Fsp3) is 0.174. The topological polar surface area (TPSA) is 47.6 Å². The molecule has 4 rings (SSSR count). The molecule has 3 aromatic rings. The highest BCUT2D eigenvalue weighted by molar-refractivity contribution is 7.11. The number of hydrogen-bond acceptors (Lipinski definition) is 4. The van der Waals surface area contributed by atoms with Crippen LogP contribution in [-0.2, 0) is 4.79 Å². The SMILES string of the molecule is C=CCOc1ccc(C2CC(=O)Nc3c(-c4ccccc4F)csc32)cc1OC. The molecule has 4 nitrogen and oxygen atoms in total. The Kier molecular flexibility index (Phi) is 5.36. The molecule has 6 heteroatoms. The molecule has 2 heterocycles. The van der Waals surface area contributed by atoms with Crippen LogP contribution in [0.5, 0.6) is 11.5 Å². The van der Waals surface area contributed by atoms with Crippen LogP contribution in [0.1, 0.15) is 22.8 Å². The summed E-state index contributed by atoms with van der Waals surface area (Å²) in [5.41, 5.74) is 2.83. The lowest BCUT2D eigenvalue weighted by Gasteiger charge is -2.24. The quantitative estimate of drug-likeness (QED) is 0.539. The van der Waals surface area contributed by atoms with Crippen molar-refractivity contribution >= 4 is 22.9 Å². The smallest absolute Gasteiger partial charge is 0.225 e. The maximum atomic E-state index is 14.3. The van der Waals surface area contributed by atoms with E-state index >= 15 is 0 Å². The molecule has 0 fully saturated rings. The molecule has 0 saturated heterocycles. The van der Waals surface area contributed by atoms with Gasteiger partial charge in [-0.25, -0.2) is 4.39 Å². The number of anilines is 1. The molecule has 1 N–H and O–H groups in total. The lowest BCUT2D eigenvalue weighted by Crippen LogP contribution is -2.22. The minimum Gasteiger partial charge on any atom is -0.493 e. The van der Waals surface area contributed by atoms with Crippen LogP contribution in [0.3, 0.4) is 0 Å². The number of amides is 1. The van der Waals surface area contributed by atoms with Gasteiger partial charge in [-0.15, -0.1) is 11.3 Å². The van der Waals surface area contributed by atoms with E-state index in [1.165, 1.54) is 17.4 Å². The van der Waals surface area contributed by atoms with Crippen molar-refractivity contribution in [3.63, 3.8) is 0 Å². The minimum atomic E-state index is -0.310. The first-order valence-corrected chi connectivity index (χ1v) is 10.1. The number of carbonyl (C=O) groups is 1.